The van der Waals surface area contributed by atoms with Crippen LogP contribution in [0.25, 0.3) is 11.0 Å². The molecule has 0 bridgehead atoms. The Morgan fingerprint density at radius 2 is 2.06 bits per heavy atom. The van der Waals surface area contributed by atoms with Crippen LogP contribution in [0, 0.1) is 5.92 Å². The summed E-state index contributed by atoms with van der Waals surface area (Å²) in [4.78, 5) is 9.72. The molecular weight excluding hydrogens is 426 g/mol. The van der Waals surface area contributed by atoms with Gasteiger partial charge in [-0.05, 0) is 63.4 Å². The zero-order valence-electron chi connectivity index (χ0n) is 18.8. The first kappa shape index (κ1) is 22.8. The average molecular weight is 458 g/mol. The number of benzene rings is 1. The van der Waals surface area contributed by atoms with E-state index < -0.39 is 0 Å². The Morgan fingerprint density at radius 3 is 2.81 bits per heavy atom. The van der Waals surface area contributed by atoms with Gasteiger partial charge in [-0.2, -0.15) is 10.1 Å². The third-order valence-electron chi connectivity index (χ3n) is 5.74. The summed E-state index contributed by atoms with van der Waals surface area (Å²) in [7, 11) is 0. The summed E-state index contributed by atoms with van der Waals surface area (Å²) in [5.41, 5.74) is 3.58. The highest BCUT2D eigenvalue weighted by Gasteiger charge is 2.19. The van der Waals surface area contributed by atoms with Crippen molar-refractivity contribution in [1.29, 1.82) is 0 Å². The van der Waals surface area contributed by atoms with E-state index in [2.05, 4.69) is 22.9 Å². The number of aromatic nitrogens is 4. The van der Waals surface area contributed by atoms with E-state index in [9.17, 15) is 0 Å². The van der Waals surface area contributed by atoms with Gasteiger partial charge in [0.1, 0.15) is 11.0 Å². The van der Waals surface area contributed by atoms with Crippen molar-refractivity contribution in [3.05, 3.63) is 35.0 Å². The van der Waals surface area contributed by atoms with Gasteiger partial charge in [0.05, 0.1) is 18.8 Å². The Balaban J connectivity index is 1.69. The normalized spacial score (nSPS) is 14.7. The first-order valence-electron chi connectivity index (χ1n) is 11.5. The van der Waals surface area contributed by atoms with Crippen LogP contribution in [0.3, 0.4) is 0 Å². The fourth-order valence-electron chi connectivity index (χ4n) is 4.03. The van der Waals surface area contributed by atoms with E-state index in [1.807, 2.05) is 35.9 Å². The summed E-state index contributed by atoms with van der Waals surface area (Å²) in [6, 6.07) is 7.64. The second kappa shape index (κ2) is 10.9. The summed E-state index contributed by atoms with van der Waals surface area (Å²) in [5, 5.41) is 15.8. The molecule has 0 aliphatic carbocycles. The van der Waals surface area contributed by atoms with E-state index in [-0.39, 0.29) is 0 Å². The molecule has 0 amide bonds. The average Bonchev–Trinajstić information content (AvgIpc) is 3.16. The van der Waals surface area contributed by atoms with Crippen molar-refractivity contribution >= 4 is 40.1 Å². The molecule has 3 heterocycles. The molecule has 3 aromatic rings. The second-order valence-corrected chi connectivity index (χ2v) is 8.46. The number of hydrogen-bond donors (Lipinski definition) is 3. The number of halogens is 1. The minimum atomic E-state index is 0.586. The summed E-state index contributed by atoms with van der Waals surface area (Å²) < 4.78 is 7.53. The van der Waals surface area contributed by atoms with Gasteiger partial charge in [0.2, 0.25) is 5.95 Å². The van der Waals surface area contributed by atoms with Crippen LogP contribution in [0.4, 0.5) is 17.5 Å². The lowest BCUT2D eigenvalue weighted by Gasteiger charge is -2.22. The van der Waals surface area contributed by atoms with Crippen LogP contribution in [0.15, 0.2) is 24.3 Å². The smallest absolute Gasteiger partial charge is 0.225 e. The maximum Gasteiger partial charge on any atom is 0.225 e. The molecule has 32 heavy (non-hydrogen) atoms. The van der Waals surface area contributed by atoms with Gasteiger partial charge in [-0.3, -0.25) is 4.68 Å². The number of hydrogen-bond acceptors (Lipinski definition) is 7. The lowest BCUT2D eigenvalue weighted by molar-refractivity contribution is 0.137. The summed E-state index contributed by atoms with van der Waals surface area (Å²) in [6.45, 7) is 9.00. The maximum atomic E-state index is 6.21. The van der Waals surface area contributed by atoms with Crippen molar-refractivity contribution in [2.75, 3.05) is 43.5 Å². The van der Waals surface area contributed by atoms with Crippen LogP contribution >= 0.6 is 11.6 Å². The fraction of sp³-hybridized carbons (Fsp3) is 0.522. The Kier molecular flexibility index (Phi) is 7.78. The minimum Gasteiger partial charge on any atom is -0.380 e. The lowest BCUT2D eigenvalue weighted by atomic mass is 9.98. The van der Waals surface area contributed by atoms with Gasteiger partial charge >= 0.3 is 0 Å². The van der Waals surface area contributed by atoms with Gasteiger partial charge in [0.15, 0.2) is 5.82 Å². The number of nitrogens with one attached hydrogen (secondary N) is 3. The molecule has 0 atom stereocenters. The molecule has 9 heteroatoms. The van der Waals surface area contributed by atoms with Crippen molar-refractivity contribution in [2.45, 2.75) is 39.7 Å². The van der Waals surface area contributed by atoms with E-state index in [0.29, 0.717) is 42.5 Å². The van der Waals surface area contributed by atoms with Crippen molar-refractivity contribution in [3.8, 4) is 0 Å². The summed E-state index contributed by atoms with van der Waals surface area (Å²) >= 11 is 6.21. The molecule has 4 rings (SSSR count). The first-order valence-corrected chi connectivity index (χ1v) is 11.9. The van der Waals surface area contributed by atoms with E-state index in [1.165, 1.54) is 12.8 Å². The van der Waals surface area contributed by atoms with E-state index >= 15 is 0 Å². The number of piperidine rings is 1. The van der Waals surface area contributed by atoms with E-state index in [0.717, 1.165) is 48.5 Å². The Labute approximate surface area is 194 Å². The van der Waals surface area contributed by atoms with E-state index in [1.54, 1.807) is 0 Å². The number of anilines is 3. The zero-order valence-corrected chi connectivity index (χ0v) is 19.6. The predicted molar refractivity (Wildman–Crippen MR) is 130 cm³/mol. The summed E-state index contributed by atoms with van der Waals surface area (Å²) in [6.07, 6.45) is 3.12. The van der Waals surface area contributed by atoms with Crippen LogP contribution in [-0.2, 0) is 17.7 Å². The van der Waals surface area contributed by atoms with Gasteiger partial charge in [0, 0.05) is 23.9 Å². The molecule has 0 spiro atoms. The highest BCUT2D eigenvalue weighted by molar-refractivity contribution is 6.30. The molecule has 3 N–H and O–H groups in total. The highest BCUT2D eigenvalue weighted by atomic mass is 35.5. The molecule has 0 radical (unpaired) electrons. The zero-order chi connectivity index (χ0) is 22.3. The van der Waals surface area contributed by atoms with E-state index in [4.69, 9.17) is 31.4 Å². The third kappa shape index (κ3) is 5.49. The molecule has 1 aliphatic rings. The van der Waals surface area contributed by atoms with Crippen molar-refractivity contribution in [2.24, 2.45) is 5.92 Å². The Hall–Kier alpha value is -2.42. The van der Waals surface area contributed by atoms with Gasteiger partial charge in [-0.15, -0.1) is 0 Å². The Bertz CT molecular complexity index is 1030. The van der Waals surface area contributed by atoms with Gasteiger partial charge in [-0.25, -0.2) is 4.98 Å². The van der Waals surface area contributed by atoms with Gasteiger partial charge < -0.3 is 20.7 Å². The second-order valence-electron chi connectivity index (χ2n) is 8.02. The van der Waals surface area contributed by atoms with Crippen molar-refractivity contribution < 1.29 is 4.74 Å². The summed E-state index contributed by atoms with van der Waals surface area (Å²) in [5.74, 6) is 1.97. The lowest BCUT2D eigenvalue weighted by Crippen LogP contribution is -2.31. The molecule has 1 aromatic carbocycles. The molecule has 172 valence electrons. The van der Waals surface area contributed by atoms with Crippen LogP contribution < -0.4 is 16.0 Å². The Morgan fingerprint density at radius 1 is 1.22 bits per heavy atom. The van der Waals surface area contributed by atoms with Gasteiger partial charge in [0.25, 0.3) is 0 Å². The third-order valence-corrected chi connectivity index (χ3v) is 5.97. The van der Waals surface area contributed by atoms with Crippen molar-refractivity contribution in [1.82, 2.24) is 25.1 Å². The fourth-order valence-corrected chi connectivity index (χ4v) is 4.22. The van der Waals surface area contributed by atoms with Crippen LogP contribution in [0.1, 0.15) is 32.4 Å². The number of rotatable bonds is 10. The predicted octanol–water partition coefficient (Wildman–Crippen LogP) is 4.23. The minimum absolute atomic E-state index is 0.586. The highest BCUT2D eigenvalue weighted by Crippen LogP contribution is 2.29. The molecule has 2 aromatic heterocycles. The quantitative estimate of drug-likeness (QED) is 0.392. The molecule has 0 saturated carbocycles. The number of nitrogens with zero attached hydrogens (tertiary/aromatic N) is 4. The first-order chi connectivity index (χ1) is 15.7. The standard InChI is InChI=1S/C23H32ClN7O/c1-3-19-20-21(31(30-19)12-13-32-4-2)22(27-18-7-5-6-17(24)14-18)29-23(28-20)26-15-16-8-10-25-11-9-16/h5-7,14,16,25H,3-4,8-13,15H2,1-2H3,(H2,26,27,28,29). The van der Waals surface area contributed by atoms with Crippen LogP contribution in [-0.4, -0.2) is 52.6 Å². The van der Waals surface area contributed by atoms with Crippen LogP contribution in [0.5, 0.6) is 0 Å². The van der Waals surface area contributed by atoms with Crippen molar-refractivity contribution in [3.63, 3.8) is 0 Å². The topological polar surface area (TPSA) is 88.9 Å². The monoisotopic (exact) mass is 457 g/mol. The number of ether oxygens (including phenoxy) is 1. The molecule has 1 aliphatic heterocycles. The molecule has 1 saturated heterocycles. The maximum absolute atomic E-state index is 6.21. The SMILES string of the molecule is CCOCCn1nc(CC)c2nc(NCC3CCNCC3)nc(Nc3cccc(Cl)c3)c21. The molecule has 8 nitrogen and oxygen atoms in total. The molecule has 0 unspecified atom stereocenters. The van der Waals surface area contributed by atoms with Crippen LogP contribution in [0.2, 0.25) is 5.02 Å². The number of fused-ring (bicyclic) bond motifs is 1. The molecule has 1 fully saturated rings. The van der Waals surface area contributed by atoms with Gasteiger partial charge in [-0.1, -0.05) is 24.6 Å². The largest absolute Gasteiger partial charge is 0.380 e. The number of aryl methyl sites for hydroxylation is 1. The molecular formula is C23H32ClN7O.